The lowest BCUT2D eigenvalue weighted by Gasteiger charge is -2.34. The van der Waals surface area contributed by atoms with Gasteiger partial charge in [0, 0.05) is 39.3 Å². The molecule has 2 heterocycles. The van der Waals surface area contributed by atoms with Gasteiger partial charge in [-0.2, -0.15) is 23.5 Å². The molecule has 20 heavy (non-hydrogen) atoms. The van der Waals surface area contributed by atoms with Gasteiger partial charge >= 0.3 is 0 Å². The standard InChI is InChI=1S/C16H19NOS2/c1-10-11(2)20-15(9-19-10)16(18)13-5-3-4-12-6-7-17-8-14(12)13/h3-8,10-11,15-16,18H,9H2,1-2H3. The number of aromatic nitrogens is 1. The molecule has 0 amide bonds. The summed E-state index contributed by atoms with van der Waals surface area (Å²) < 4.78 is 0. The van der Waals surface area contributed by atoms with Crippen molar-refractivity contribution in [1.29, 1.82) is 0 Å². The van der Waals surface area contributed by atoms with Crippen LogP contribution in [0.4, 0.5) is 0 Å². The molecule has 0 aliphatic carbocycles. The minimum Gasteiger partial charge on any atom is -0.387 e. The lowest BCUT2D eigenvalue weighted by molar-refractivity contribution is 0.181. The predicted molar refractivity (Wildman–Crippen MR) is 89.5 cm³/mol. The number of pyridine rings is 1. The van der Waals surface area contributed by atoms with Gasteiger partial charge in [0.15, 0.2) is 0 Å². The first-order valence-corrected chi connectivity index (χ1v) is 8.93. The molecular weight excluding hydrogens is 286 g/mol. The second kappa shape index (κ2) is 5.96. The summed E-state index contributed by atoms with van der Waals surface area (Å²) in [7, 11) is 0. The molecule has 1 aliphatic heterocycles. The number of nitrogens with zero attached hydrogens (tertiary/aromatic N) is 1. The summed E-state index contributed by atoms with van der Waals surface area (Å²) >= 11 is 3.88. The second-order valence-electron chi connectivity index (χ2n) is 5.31. The Kier molecular flexibility index (Phi) is 4.24. The van der Waals surface area contributed by atoms with Crippen molar-refractivity contribution >= 4 is 34.3 Å². The molecule has 4 heteroatoms. The minimum atomic E-state index is -0.421. The fourth-order valence-electron chi connectivity index (χ4n) is 2.57. The van der Waals surface area contributed by atoms with Crippen molar-refractivity contribution in [3.63, 3.8) is 0 Å². The molecule has 1 saturated heterocycles. The van der Waals surface area contributed by atoms with Crippen LogP contribution in [0.15, 0.2) is 36.7 Å². The Morgan fingerprint density at radius 2 is 2.10 bits per heavy atom. The van der Waals surface area contributed by atoms with Gasteiger partial charge in [-0.1, -0.05) is 32.0 Å². The maximum atomic E-state index is 10.8. The van der Waals surface area contributed by atoms with Crippen LogP contribution in [0.2, 0.25) is 0 Å². The molecule has 1 aromatic heterocycles. The summed E-state index contributed by atoms with van der Waals surface area (Å²) in [6, 6.07) is 8.12. The Morgan fingerprint density at radius 1 is 1.25 bits per heavy atom. The van der Waals surface area contributed by atoms with Gasteiger partial charge in [-0.15, -0.1) is 0 Å². The monoisotopic (exact) mass is 305 g/mol. The molecule has 2 aromatic rings. The Morgan fingerprint density at radius 3 is 2.90 bits per heavy atom. The normalized spacial score (nSPS) is 28.4. The van der Waals surface area contributed by atoms with Gasteiger partial charge in [0.1, 0.15) is 0 Å². The van der Waals surface area contributed by atoms with E-state index in [-0.39, 0.29) is 5.25 Å². The highest BCUT2D eigenvalue weighted by Gasteiger charge is 2.31. The molecule has 0 bridgehead atoms. The van der Waals surface area contributed by atoms with Gasteiger partial charge in [0.05, 0.1) is 6.10 Å². The summed E-state index contributed by atoms with van der Waals surface area (Å²) in [4.78, 5) is 4.20. The van der Waals surface area contributed by atoms with E-state index >= 15 is 0 Å². The molecule has 4 unspecified atom stereocenters. The lowest BCUT2D eigenvalue weighted by Crippen LogP contribution is -2.30. The van der Waals surface area contributed by atoms with Crippen molar-refractivity contribution in [3.05, 3.63) is 42.2 Å². The quantitative estimate of drug-likeness (QED) is 0.912. The number of fused-ring (bicyclic) bond motifs is 1. The van der Waals surface area contributed by atoms with Crippen molar-refractivity contribution in [2.24, 2.45) is 0 Å². The van der Waals surface area contributed by atoms with Crippen LogP contribution < -0.4 is 0 Å². The highest BCUT2D eigenvalue weighted by Crippen LogP contribution is 2.42. The molecular formula is C16H19NOS2. The number of thioether (sulfide) groups is 2. The Labute approximate surface area is 128 Å². The van der Waals surface area contributed by atoms with E-state index in [0.29, 0.717) is 10.5 Å². The largest absolute Gasteiger partial charge is 0.387 e. The first-order valence-electron chi connectivity index (χ1n) is 6.94. The number of benzene rings is 1. The van der Waals surface area contributed by atoms with E-state index in [1.54, 1.807) is 6.20 Å². The molecule has 0 saturated carbocycles. The molecule has 2 nitrogen and oxygen atoms in total. The summed E-state index contributed by atoms with van der Waals surface area (Å²) in [5.74, 6) is 1.01. The van der Waals surface area contributed by atoms with E-state index in [1.807, 2.05) is 47.9 Å². The number of rotatable bonds is 2. The third-order valence-electron chi connectivity index (χ3n) is 3.96. The van der Waals surface area contributed by atoms with Crippen LogP contribution in [0.5, 0.6) is 0 Å². The van der Waals surface area contributed by atoms with Gasteiger partial charge < -0.3 is 5.11 Å². The van der Waals surface area contributed by atoms with E-state index in [1.165, 1.54) is 0 Å². The summed E-state index contributed by atoms with van der Waals surface area (Å²) in [5, 5.41) is 14.5. The molecule has 1 N–H and O–H groups in total. The number of hydrogen-bond donors (Lipinski definition) is 1. The van der Waals surface area contributed by atoms with Gasteiger partial charge in [0.2, 0.25) is 0 Å². The molecule has 1 aliphatic rings. The van der Waals surface area contributed by atoms with E-state index in [9.17, 15) is 5.11 Å². The van der Waals surface area contributed by atoms with Crippen molar-refractivity contribution in [2.45, 2.75) is 35.7 Å². The van der Waals surface area contributed by atoms with Crippen molar-refractivity contribution in [1.82, 2.24) is 4.98 Å². The van der Waals surface area contributed by atoms with E-state index in [0.717, 1.165) is 22.1 Å². The maximum absolute atomic E-state index is 10.8. The fraction of sp³-hybridized carbons (Fsp3) is 0.438. The molecule has 1 aromatic carbocycles. The maximum Gasteiger partial charge on any atom is 0.0923 e. The third-order valence-corrected chi connectivity index (χ3v) is 7.44. The molecule has 4 atom stereocenters. The minimum absolute atomic E-state index is 0.261. The smallest absolute Gasteiger partial charge is 0.0923 e. The highest BCUT2D eigenvalue weighted by atomic mass is 32.2. The average Bonchev–Trinajstić information content (AvgIpc) is 2.49. The SMILES string of the molecule is CC1SCC(C(O)c2cccc3ccncc23)SC1C. The Balaban J connectivity index is 1.91. The first-order chi connectivity index (χ1) is 9.66. The van der Waals surface area contributed by atoms with Crippen molar-refractivity contribution in [2.75, 3.05) is 5.75 Å². The van der Waals surface area contributed by atoms with Crippen LogP contribution in [-0.2, 0) is 0 Å². The highest BCUT2D eigenvalue weighted by molar-refractivity contribution is 8.07. The van der Waals surface area contributed by atoms with Crippen LogP contribution in [0.1, 0.15) is 25.5 Å². The van der Waals surface area contributed by atoms with Gasteiger partial charge in [-0.3, -0.25) is 4.98 Å². The molecule has 0 spiro atoms. The van der Waals surface area contributed by atoms with Crippen molar-refractivity contribution < 1.29 is 5.11 Å². The first kappa shape index (κ1) is 14.2. The zero-order valence-corrected chi connectivity index (χ0v) is 13.3. The summed E-state index contributed by atoms with van der Waals surface area (Å²) in [5.41, 5.74) is 1.01. The van der Waals surface area contributed by atoms with Crippen LogP contribution in [0, 0.1) is 0 Å². The van der Waals surface area contributed by atoms with Crippen LogP contribution in [0.3, 0.4) is 0 Å². The lowest BCUT2D eigenvalue weighted by atomic mass is 10.0. The molecule has 1 fully saturated rings. The molecule has 0 radical (unpaired) electrons. The van der Waals surface area contributed by atoms with Gasteiger partial charge in [0.25, 0.3) is 0 Å². The fourth-order valence-corrected chi connectivity index (χ4v) is 5.56. The van der Waals surface area contributed by atoms with E-state index in [2.05, 4.69) is 24.9 Å². The number of hydrogen-bond acceptors (Lipinski definition) is 4. The van der Waals surface area contributed by atoms with Gasteiger partial charge in [-0.05, 0) is 17.0 Å². The number of aliphatic hydroxyl groups excluding tert-OH is 1. The predicted octanol–water partition coefficient (Wildman–Crippen LogP) is 3.89. The summed E-state index contributed by atoms with van der Waals surface area (Å²) in [6.45, 7) is 4.53. The topological polar surface area (TPSA) is 33.1 Å². The van der Waals surface area contributed by atoms with E-state index in [4.69, 9.17) is 0 Å². The van der Waals surface area contributed by atoms with E-state index < -0.39 is 6.10 Å². The zero-order chi connectivity index (χ0) is 14.1. The molecule has 3 rings (SSSR count). The Bertz CT molecular complexity index is 599. The van der Waals surface area contributed by atoms with Gasteiger partial charge in [-0.25, -0.2) is 0 Å². The second-order valence-corrected chi connectivity index (χ2v) is 8.34. The third kappa shape index (κ3) is 2.69. The Hall–Kier alpha value is -0.710. The number of aliphatic hydroxyl groups is 1. The zero-order valence-electron chi connectivity index (χ0n) is 11.7. The summed E-state index contributed by atoms with van der Waals surface area (Å²) in [6.07, 6.45) is 3.24. The molecule has 106 valence electrons. The van der Waals surface area contributed by atoms with Crippen LogP contribution in [-0.4, -0.2) is 31.6 Å². The average molecular weight is 305 g/mol. The van der Waals surface area contributed by atoms with Crippen molar-refractivity contribution in [3.8, 4) is 0 Å². The van der Waals surface area contributed by atoms with Crippen LogP contribution >= 0.6 is 23.5 Å². The van der Waals surface area contributed by atoms with Crippen LogP contribution in [0.25, 0.3) is 10.8 Å².